The number of urea groups is 1. The second-order valence-corrected chi connectivity index (χ2v) is 12.7. The van der Waals surface area contributed by atoms with Gasteiger partial charge < -0.3 is 10.2 Å². The van der Waals surface area contributed by atoms with Gasteiger partial charge >= 0.3 is 6.03 Å². The first-order valence-corrected chi connectivity index (χ1v) is 15.2. The number of hydrogen-bond acceptors (Lipinski definition) is 4. The highest BCUT2D eigenvalue weighted by Gasteiger charge is 2.27. The molecule has 5 aromatic rings. The molecule has 3 amide bonds. The lowest BCUT2D eigenvalue weighted by molar-refractivity contribution is 0.0686. The minimum Gasteiger partial charge on any atom is -0.337 e. The molecule has 0 saturated carbocycles. The molecule has 1 aliphatic heterocycles. The molecule has 3 aromatic carbocycles. The number of carbonyl (C=O) groups is 2. The summed E-state index contributed by atoms with van der Waals surface area (Å²) in [6.45, 7) is 9.74. The quantitative estimate of drug-likeness (QED) is 0.196. The van der Waals surface area contributed by atoms with Gasteiger partial charge in [-0.3, -0.25) is 15.2 Å². The Bertz CT molecular complexity index is 1790. The third-order valence-electron chi connectivity index (χ3n) is 8.35. The van der Waals surface area contributed by atoms with Crippen molar-refractivity contribution >= 4 is 34.3 Å². The van der Waals surface area contributed by atoms with E-state index >= 15 is 0 Å². The second-order valence-electron chi connectivity index (χ2n) is 12.7. The van der Waals surface area contributed by atoms with Gasteiger partial charge in [0, 0.05) is 35.6 Å². The maximum absolute atomic E-state index is 13.3. The molecule has 0 atom stereocenters. The van der Waals surface area contributed by atoms with Crippen LogP contribution in [0.15, 0.2) is 78.9 Å². The predicted octanol–water partition coefficient (Wildman–Crippen LogP) is 7.09. The number of aryl methyl sites for hydroxylation is 1. The van der Waals surface area contributed by atoms with Crippen molar-refractivity contribution in [2.24, 2.45) is 5.92 Å². The maximum atomic E-state index is 13.3. The van der Waals surface area contributed by atoms with Crippen molar-refractivity contribution in [2.75, 3.05) is 23.7 Å². The van der Waals surface area contributed by atoms with Crippen molar-refractivity contribution in [2.45, 2.75) is 52.4 Å². The molecular formula is C35H39N7O2. The number of benzene rings is 3. The number of aromatic amines is 1. The Kier molecular flexibility index (Phi) is 7.95. The number of carbonyl (C=O) groups excluding carboxylic acids is 2. The Hall–Kier alpha value is -4.92. The van der Waals surface area contributed by atoms with Crippen LogP contribution in [0.4, 0.5) is 16.3 Å². The van der Waals surface area contributed by atoms with Crippen molar-refractivity contribution in [3.63, 3.8) is 0 Å². The molecule has 9 heteroatoms. The molecule has 44 heavy (non-hydrogen) atoms. The van der Waals surface area contributed by atoms with Crippen LogP contribution in [0.3, 0.4) is 0 Å². The van der Waals surface area contributed by atoms with Crippen LogP contribution in [0.25, 0.3) is 16.6 Å². The number of piperidine rings is 1. The first-order valence-electron chi connectivity index (χ1n) is 15.2. The smallest absolute Gasteiger partial charge is 0.324 e. The van der Waals surface area contributed by atoms with Gasteiger partial charge in [0.2, 0.25) is 0 Å². The highest BCUT2D eigenvalue weighted by atomic mass is 16.2. The number of likely N-dealkylation sites (tertiary alicyclic amines) is 1. The van der Waals surface area contributed by atoms with Gasteiger partial charge in [-0.1, -0.05) is 74.9 Å². The van der Waals surface area contributed by atoms with Crippen LogP contribution in [0.2, 0.25) is 0 Å². The summed E-state index contributed by atoms with van der Waals surface area (Å²) in [7, 11) is 0. The third-order valence-corrected chi connectivity index (χ3v) is 8.35. The van der Waals surface area contributed by atoms with Gasteiger partial charge in [0.15, 0.2) is 0 Å². The lowest BCUT2D eigenvalue weighted by Gasteiger charge is -2.32. The fourth-order valence-electron chi connectivity index (χ4n) is 5.74. The number of hydrogen-bond donors (Lipinski definition) is 3. The lowest BCUT2D eigenvalue weighted by Crippen LogP contribution is -2.39. The average Bonchev–Trinajstić information content (AvgIpc) is 3.63. The van der Waals surface area contributed by atoms with Crippen LogP contribution in [0.1, 0.15) is 60.9 Å². The summed E-state index contributed by atoms with van der Waals surface area (Å²) in [5, 5.41) is 19.0. The van der Waals surface area contributed by atoms with E-state index in [1.807, 2.05) is 84.6 Å². The van der Waals surface area contributed by atoms with E-state index in [9.17, 15) is 9.59 Å². The van der Waals surface area contributed by atoms with Gasteiger partial charge in [-0.05, 0) is 61.9 Å². The molecule has 1 aliphatic rings. The Labute approximate surface area is 257 Å². The highest BCUT2D eigenvalue weighted by molar-refractivity contribution is 6.04. The average molecular weight is 590 g/mol. The predicted molar refractivity (Wildman–Crippen MR) is 175 cm³/mol. The summed E-state index contributed by atoms with van der Waals surface area (Å²) in [4.78, 5) is 28.5. The summed E-state index contributed by atoms with van der Waals surface area (Å²) >= 11 is 0. The van der Waals surface area contributed by atoms with Crippen molar-refractivity contribution in [3.8, 4) is 5.69 Å². The van der Waals surface area contributed by atoms with E-state index in [1.165, 1.54) is 0 Å². The SMILES string of the molecule is Cc1ccc(-n2nc(C(C)(C)C)cc2NC(=O)Nc2ccccc2CC2CCN(C(=O)c3[nH]nc4ccccc34)CC2)cc1. The van der Waals surface area contributed by atoms with E-state index in [2.05, 4.69) is 47.7 Å². The molecule has 3 heterocycles. The van der Waals surface area contributed by atoms with Gasteiger partial charge in [0.25, 0.3) is 5.91 Å². The second kappa shape index (κ2) is 12.0. The van der Waals surface area contributed by atoms with Gasteiger partial charge in [-0.25, -0.2) is 9.48 Å². The molecule has 0 bridgehead atoms. The van der Waals surface area contributed by atoms with E-state index in [0.717, 1.165) is 58.4 Å². The van der Waals surface area contributed by atoms with Gasteiger partial charge in [0.1, 0.15) is 11.5 Å². The number of amides is 3. The Morgan fingerprint density at radius 2 is 1.64 bits per heavy atom. The zero-order chi connectivity index (χ0) is 30.8. The van der Waals surface area contributed by atoms with Crippen molar-refractivity contribution in [1.29, 1.82) is 0 Å². The zero-order valence-corrected chi connectivity index (χ0v) is 25.7. The van der Waals surface area contributed by atoms with E-state index in [-0.39, 0.29) is 17.4 Å². The van der Waals surface area contributed by atoms with Crippen LogP contribution in [-0.2, 0) is 11.8 Å². The van der Waals surface area contributed by atoms with Crippen LogP contribution in [0, 0.1) is 12.8 Å². The topological polar surface area (TPSA) is 108 Å². The molecular weight excluding hydrogens is 550 g/mol. The minimum atomic E-state index is -0.321. The monoisotopic (exact) mass is 589 g/mol. The summed E-state index contributed by atoms with van der Waals surface area (Å²) < 4.78 is 1.78. The van der Waals surface area contributed by atoms with E-state index < -0.39 is 0 Å². The van der Waals surface area contributed by atoms with Crippen molar-refractivity contribution in [1.82, 2.24) is 24.9 Å². The molecule has 226 valence electrons. The van der Waals surface area contributed by atoms with Crippen molar-refractivity contribution in [3.05, 3.63) is 101 Å². The first-order chi connectivity index (χ1) is 21.2. The normalized spacial score (nSPS) is 14.1. The van der Waals surface area contributed by atoms with Gasteiger partial charge in [-0.2, -0.15) is 10.2 Å². The Morgan fingerprint density at radius 3 is 2.39 bits per heavy atom. The van der Waals surface area contributed by atoms with E-state index in [1.54, 1.807) is 4.68 Å². The van der Waals surface area contributed by atoms with Crippen LogP contribution < -0.4 is 10.6 Å². The van der Waals surface area contributed by atoms with E-state index in [0.29, 0.717) is 30.5 Å². The summed E-state index contributed by atoms with van der Waals surface area (Å²) in [6, 6.07) is 25.3. The fraction of sp³-hybridized carbons (Fsp3) is 0.314. The molecule has 1 saturated heterocycles. The summed E-state index contributed by atoms with van der Waals surface area (Å²) in [5.74, 6) is 1.01. The summed E-state index contributed by atoms with van der Waals surface area (Å²) in [5.41, 5.74) is 5.96. The minimum absolute atomic E-state index is 0.00427. The highest BCUT2D eigenvalue weighted by Crippen LogP contribution is 2.29. The standard InChI is InChI=1S/C35H39N7O2/c1-23-13-15-26(16-14-23)42-31(22-30(40-42)35(2,3)4)37-34(44)36-28-11-7-5-9-25(28)21-24-17-19-41(20-18-24)33(43)32-27-10-6-8-12-29(27)38-39-32/h5-16,22,24H,17-21H2,1-4H3,(H,38,39)(H2,36,37,44). The zero-order valence-electron chi connectivity index (χ0n) is 25.7. The molecule has 3 N–H and O–H groups in total. The first kappa shape index (κ1) is 29.2. The summed E-state index contributed by atoms with van der Waals surface area (Å²) in [6.07, 6.45) is 2.61. The molecule has 0 spiro atoms. The number of nitrogens with zero attached hydrogens (tertiary/aromatic N) is 4. The molecule has 9 nitrogen and oxygen atoms in total. The Morgan fingerprint density at radius 1 is 0.932 bits per heavy atom. The number of aromatic nitrogens is 4. The molecule has 2 aromatic heterocycles. The Balaban J connectivity index is 1.11. The van der Waals surface area contributed by atoms with E-state index in [4.69, 9.17) is 5.10 Å². The number of H-pyrrole nitrogens is 1. The lowest BCUT2D eigenvalue weighted by atomic mass is 9.89. The fourth-order valence-corrected chi connectivity index (χ4v) is 5.74. The van der Waals surface area contributed by atoms with Crippen molar-refractivity contribution < 1.29 is 9.59 Å². The number of anilines is 2. The molecule has 0 radical (unpaired) electrons. The van der Waals surface area contributed by atoms with Crippen LogP contribution in [-0.4, -0.2) is 49.9 Å². The van der Waals surface area contributed by atoms with Gasteiger partial charge in [0.05, 0.1) is 16.9 Å². The maximum Gasteiger partial charge on any atom is 0.324 e. The number of para-hydroxylation sites is 2. The van der Waals surface area contributed by atoms with Crippen LogP contribution in [0.5, 0.6) is 0 Å². The molecule has 0 aliphatic carbocycles. The number of fused-ring (bicyclic) bond motifs is 1. The molecule has 1 fully saturated rings. The van der Waals surface area contributed by atoms with Gasteiger partial charge in [-0.15, -0.1) is 0 Å². The molecule has 0 unspecified atom stereocenters. The largest absolute Gasteiger partial charge is 0.337 e. The number of rotatable bonds is 6. The molecule has 6 rings (SSSR count). The number of nitrogens with one attached hydrogen (secondary N) is 3. The third kappa shape index (κ3) is 6.22. The van der Waals surface area contributed by atoms with Crippen LogP contribution >= 0.6 is 0 Å².